The van der Waals surface area contributed by atoms with Crippen LogP contribution in [-0.4, -0.2) is 57.8 Å². The predicted octanol–water partition coefficient (Wildman–Crippen LogP) is 8.28. The summed E-state index contributed by atoms with van der Waals surface area (Å²) in [5, 5.41) is 21.9. The first-order chi connectivity index (χ1) is 27.8. The van der Waals surface area contributed by atoms with Crippen LogP contribution in [0.3, 0.4) is 0 Å². The number of rotatable bonds is 11. The maximum Gasteiger partial charge on any atom is 0.162 e. The minimum absolute atomic E-state index is 0.0473. The van der Waals surface area contributed by atoms with Crippen molar-refractivity contribution in [1.29, 1.82) is 0 Å². The molecule has 0 atom stereocenters. The Bertz CT molecular complexity index is 2700. The van der Waals surface area contributed by atoms with Gasteiger partial charge in [0.25, 0.3) is 0 Å². The molecule has 2 N–H and O–H groups in total. The molecule has 0 fully saturated rings. The minimum Gasteiger partial charge on any atom is -0.487 e. The summed E-state index contributed by atoms with van der Waals surface area (Å²) in [4.78, 5) is 19.3. The average molecular weight is 810 g/mol. The molecule has 13 nitrogen and oxygen atoms in total. The summed E-state index contributed by atoms with van der Waals surface area (Å²) in [7, 11) is 0. The number of halogens is 4. The quantitative estimate of drug-likeness (QED) is 0.130. The number of aliphatic hydroxyl groups excluding tert-OH is 1. The highest BCUT2D eigenvalue weighted by atomic mass is 35.5. The first-order valence-electron chi connectivity index (χ1n) is 17.6. The Labute approximate surface area is 334 Å². The van der Waals surface area contributed by atoms with E-state index in [4.69, 9.17) is 32.7 Å². The lowest BCUT2D eigenvalue weighted by atomic mass is 10.2. The third-order valence-corrected chi connectivity index (χ3v) is 9.52. The molecule has 288 valence electrons. The molecule has 0 bridgehead atoms. The van der Waals surface area contributed by atoms with Crippen LogP contribution in [0.1, 0.15) is 11.1 Å². The van der Waals surface area contributed by atoms with Crippen LogP contribution >= 0.6 is 23.2 Å². The van der Waals surface area contributed by atoms with Crippen molar-refractivity contribution in [1.82, 2.24) is 39.5 Å². The Morgan fingerprint density at radius 1 is 0.702 bits per heavy atom. The van der Waals surface area contributed by atoms with Gasteiger partial charge in [0.2, 0.25) is 0 Å². The zero-order valence-corrected chi connectivity index (χ0v) is 31.4. The van der Waals surface area contributed by atoms with Crippen LogP contribution in [0.25, 0.3) is 22.1 Å². The molecule has 0 unspecified atom stereocenters. The molecule has 0 saturated heterocycles. The van der Waals surface area contributed by atoms with Gasteiger partial charge in [-0.25, -0.2) is 28.7 Å². The van der Waals surface area contributed by atoms with E-state index in [1.54, 1.807) is 59.8 Å². The lowest BCUT2D eigenvalue weighted by molar-refractivity contribution is 0.271. The number of anilines is 4. The monoisotopic (exact) mass is 808 g/mol. The molecule has 1 aliphatic rings. The fourth-order valence-corrected chi connectivity index (χ4v) is 6.75. The molecular weight excluding hydrogens is 777 g/mol. The Morgan fingerprint density at radius 3 is 2.02 bits per heavy atom. The van der Waals surface area contributed by atoms with Gasteiger partial charge in [-0.1, -0.05) is 47.5 Å². The van der Waals surface area contributed by atoms with Gasteiger partial charge in [-0.3, -0.25) is 9.36 Å². The van der Waals surface area contributed by atoms with E-state index >= 15 is 0 Å². The molecule has 0 aliphatic carbocycles. The topological polar surface area (TPSA) is 141 Å². The number of ether oxygens (including phenoxy) is 2. The van der Waals surface area contributed by atoms with Crippen molar-refractivity contribution >= 4 is 68.3 Å². The molecule has 17 heteroatoms. The number of aromatic nitrogens is 8. The van der Waals surface area contributed by atoms with Crippen LogP contribution in [0, 0.1) is 11.6 Å². The summed E-state index contributed by atoms with van der Waals surface area (Å²) in [6.45, 7) is 2.19. The van der Waals surface area contributed by atoms with Gasteiger partial charge in [-0.2, -0.15) is 10.2 Å². The van der Waals surface area contributed by atoms with E-state index in [-0.39, 0.29) is 31.5 Å². The molecule has 4 aromatic carbocycles. The summed E-state index contributed by atoms with van der Waals surface area (Å²) < 4.78 is 41.6. The van der Waals surface area contributed by atoms with Gasteiger partial charge in [-0.05, 0) is 71.8 Å². The summed E-state index contributed by atoms with van der Waals surface area (Å²) in [5.41, 5.74) is 6.14. The zero-order valence-electron chi connectivity index (χ0n) is 29.9. The molecule has 4 aromatic heterocycles. The van der Waals surface area contributed by atoms with Gasteiger partial charge in [0.1, 0.15) is 71.1 Å². The molecule has 9 rings (SSSR count). The molecule has 0 radical (unpaired) electrons. The number of benzene rings is 4. The van der Waals surface area contributed by atoms with Gasteiger partial charge in [0.05, 0.1) is 42.1 Å². The number of hydrogen-bond donors (Lipinski definition) is 2. The van der Waals surface area contributed by atoms with Crippen LogP contribution in [0.2, 0.25) is 10.0 Å². The number of nitrogens with one attached hydrogen (secondary N) is 1. The SMILES string of the molecule is Fc1cccc(COc2ccc(N3CCn4ncc5ncnc3c54)cc2Cl)c1.OCCn1ncc2ncnc(Nc3ccc(OCc4cccc(F)c4)c(Cl)c3)c21. The van der Waals surface area contributed by atoms with Gasteiger partial charge < -0.3 is 24.8 Å². The normalized spacial score (nSPS) is 12.1. The van der Waals surface area contributed by atoms with Crippen molar-refractivity contribution < 1.29 is 23.4 Å². The molecule has 8 aromatic rings. The second-order valence-electron chi connectivity index (χ2n) is 12.7. The largest absolute Gasteiger partial charge is 0.487 e. The highest BCUT2D eigenvalue weighted by molar-refractivity contribution is 6.32. The van der Waals surface area contributed by atoms with E-state index in [1.165, 1.54) is 30.6 Å². The van der Waals surface area contributed by atoms with Crippen molar-refractivity contribution in [3.63, 3.8) is 0 Å². The van der Waals surface area contributed by atoms with E-state index in [2.05, 4.69) is 40.3 Å². The van der Waals surface area contributed by atoms with Crippen LogP contribution in [0.5, 0.6) is 11.5 Å². The fraction of sp³-hybridized carbons (Fsp3) is 0.150. The average Bonchev–Trinajstić information content (AvgIpc) is 3.83. The van der Waals surface area contributed by atoms with Gasteiger partial charge in [0, 0.05) is 17.9 Å². The third-order valence-electron chi connectivity index (χ3n) is 8.93. The van der Waals surface area contributed by atoms with Gasteiger partial charge in [0.15, 0.2) is 11.6 Å². The lowest BCUT2D eigenvalue weighted by Gasteiger charge is -2.28. The summed E-state index contributed by atoms with van der Waals surface area (Å²) >= 11 is 12.8. The summed E-state index contributed by atoms with van der Waals surface area (Å²) in [6, 6.07) is 23.4. The smallest absolute Gasteiger partial charge is 0.162 e. The molecule has 1 aliphatic heterocycles. The maximum atomic E-state index is 13.3. The minimum atomic E-state index is -0.312. The van der Waals surface area contributed by atoms with Crippen molar-refractivity contribution in [2.75, 3.05) is 23.4 Å². The van der Waals surface area contributed by atoms with Crippen molar-refractivity contribution in [2.45, 2.75) is 26.3 Å². The van der Waals surface area contributed by atoms with Crippen LogP contribution < -0.4 is 19.7 Å². The maximum absolute atomic E-state index is 13.3. The molecular formula is C40H32Cl2F2N10O3. The fourth-order valence-electron chi connectivity index (χ4n) is 6.29. The summed E-state index contributed by atoms with van der Waals surface area (Å²) in [6.07, 6.45) is 6.35. The van der Waals surface area contributed by atoms with E-state index < -0.39 is 0 Å². The van der Waals surface area contributed by atoms with Crippen LogP contribution in [0.4, 0.5) is 31.8 Å². The van der Waals surface area contributed by atoms with Crippen molar-refractivity contribution in [3.05, 3.63) is 143 Å². The Balaban J connectivity index is 0.000000160. The van der Waals surface area contributed by atoms with Crippen LogP contribution in [-0.2, 0) is 26.3 Å². The first kappa shape index (κ1) is 37.5. The first-order valence-corrected chi connectivity index (χ1v) is 18.4. The zero-order chi connectivity index (χ0) is 39.3. The van der Waals surface area contributed by atoms with Crippen molar-refractivity contribution in [3.8, 4) is 11.5 Å². The van der Waals surface area contributed by atoms with E-state index in [9.17, 15) is 13.9 Å². The second kappa shape index (κ2) is 16.8. The number of nitrogens with zero attached hydrogens (tertiary/aromatic N) is 9. The van der Waals surface area contributed by atoms with Gasteiger partial charge >= 0.3 is 0 Å². The Hall–Kier alpha value is -6.42. The highest BCUT2D eigenvalue weighted by Crippen LogP contribution is 2.37. The van der Waals surface area contributed by atoms with E-state index in [1.807, 2.05) is 28.9 Å². The van der Waals surface area contributed by atoms with Crippen molar-refractivity contribution in [2.24, 2.45) is 0 Å². The number of aliphatic hydroxyl groups is 1. The van der Waals surface area contributed by atoms with Crippen LogP contribution in [0.15, 0.2) is 110 Å². The van der Waals surface area contributed by atoms with Gasteiger partial charge in [-0.15, -0.1) is 0 Å². The molecule has 0 amide bonds. The number of fused-ring (bicyclic) bond motifs is 1. The summed E-state index contributed by atoms with van der Waals surface area (Å²) in [5.74, 6) is 1.78. The standard InChI is InChI=1S/C20H17ClFN5O2.C20H15ClFN5O/c21-16-9-15(4-5-18(16)29-11-13-2-1-3-14(22)8-13)26-20-19-17(23-12-24-20)10-25-27(19)6-7-28;21-16-9-15(4-5-18(16)28-11-13-2-1-3-14(22)8-13)26-6-7-27-19-17(10-25-27)23-12-24-20(19)26/h1-5,8-10,12,28H,6-7,11H2,(H,23,24,26);1-5,8-10,12H,6-7,11H2. The molecule has 5 heterocycles. The second-order valence-corrected chi connectivity index (χ2v) is 13.5. The van der Waals surface area contributed by atoms with E-state index in [0.29, 0.717) is 56.2 Å². The molecule has 0 saturated carbocycles. The van der Waals surface area contributed by atoms with E-state index in [0.717, 1.165) is 41.2 Å². The predicted molar refractivity (Wildman–Crippen MR) is 212 cm³/mol. The lowest BCUT2D eigenvalue weighted by Crippen LogP contribution is -2.28. The Morgan fingerprint density at radius 2 is 1.35 bits per heavy atom. The highest BCUT2D eigenvalue weighted by Gasteiger charge is 2.23. The Kier molecular flexibility index (Phi) is 11.0. The molecule has 57 heavy (non-hydrogen) atoms. The molecule has 0 spiro atoms. The third kappa shape index (κ3) is 8.40. The number of hydrogen-bond acceptors (Lipinski definition) is 11.